The van der Waals surface area contributed by atoms with E-state index < -0.39 is 18.5 Å². The molecular weight excluding hydrogens is 346 g/mol. The summed E-state index contributed by atoms with van der Waals surface area (Å²) in [6.07, 6.45) is 0.651. The van der Waals surface area contributed by atoms with Crippen molar-refractivity contribution in [2.24, 2.45) is 5.10 Å². The topological polar surface area (TPSA) is 92.0 Å². The Morgan fingerprint density at radius 2 is 1.81 bits per heavy atom. The van der Waals surface area contributed by atoms with Crippen LogP contribution in [0, 0.1) is 11.3 Å². The van der Waals surface area contributed by atoms with Gasteiger partial charge in [0.1, 0.15) is 11.8 Å². The molecule has 0 aliphatic carbocycles. The number of nitrogens with zero attached hydrogens (tertiary/aromatic N) is 3. The molecule has 1 aliphatic rings. The molecule has 3 rings (SSSR count). The van der Waals surface area contributed by atoms with E-state index in [4.69, 9.17) is 14.7 Å². The third-order valence-electron chi connectivity index (χ3n) is 3.91. The molecule has 2 aromatic rings. The van der Waals surface area contributed by atoms with Gasteiger partial charge < -0.3 is 9.47 Å². The Hall–Kier alpha value is -3.66. The van der Waals surface area contributed by atoms with Crippen molar-refractivity contribution in [1.29, 1.82) is 5.26 Å². The number of benzene rings is 2. The number of hydrogen-bond donors (Lipinski definition) is 0. The number of carbonyl (C=O) groups excluding carboxylic acids is 2. The van der Waals surface area contributed by atoms with Gasteiger partial charge in [0.15, 0.2) is 13.2 Å². The van der Waals surface area contributed by atoms with Gasteiger partial charge in [-0.05, 0) is 17.7 Å². The Balaban J connectivity index is 1.47. The average Bonchev–Trinajstić information content (AvgIpc) is 3.21. The quantitative estimate of drug-likeness (QED) is 0.733. The molecule has 1 amide bonds. The van der Waals surface area contributed by atoms with Crippen molar-refractivity contribution < 1.29 is 19.1 Å². The van der Waals surface area contributed by atoms with Crippen LogP contribution in [0.5, 0.6) is 5.75 Å². The summed E-state index contributed by atoms with van der Waals surface area (Å²) in [6.45, 7) is -0.342. The molecule has 0 unspecified atom stereocenters. The van der Waals surface area contributed by atoms with Crippen molar-refractivity contribution >= 4 is 17.6 Å². The first-order valence-electron chi connectivity index (χ1n) is 8.38. The van der Waals surface area contributed by atoms with Gasteiger partial charge in [0, 0.05) is 6.42 Å². The van der Waals surface area contributed by atoms with Crippen LogP contribution in [0.15, 0.2) is 59.7 Å². The van der Waals surface area contributed by atoms with Crippen molar-refractivity contribution in [3.63, 3.8) is 0 Å². The Morgan fingerprint density at radius 3 is 2.59 bits per heavy atom. The van der Waals surface area contributed by atoms with E-state index in [-0.39, 0.29) is 6.61 Å². The van der Waals surface area contributed by atoms with Crippen LogP contribution in [0.4, 0.5) is 0 Å². The molecule has 0 aromatic heterocycles. The van der Waals surface area contributed by atoms with Gasteiger partial charge in [-0.15, -0.1) is 0 Å². The normalized spacial score (nSPS) is 12.9. The number of amides is 1. The predicted octanol–water partition coefficient (Wildman–Crippen LogP) is 2.12. The number of ether oxygens (including phenoxy) is 2. The number of rotatable bonds is 6. The maximum Gasteiger partial charge on any atom is 0.344 e. The van der Waals surface area contributed by atoms with Crippen molar-refractivity contribution in [2.75, 3.05) is 19.8 Å². The van der Waals surface area contributed by atoms with E-state index in [1.807, 2.05) is 36.4 Å². The zero-order valence-electron chi connectivity index (χ0n) is 14.5. The van der Waals surface area contributed by atoms with Gasteiger partial charge in [-0.1, -0.05) is 42.5 Å². The van der Waals surface area contributed by atoms with E-state index in [9.17, 15) is 9.59 Å². The van der Waals surface area contributed by atoms with Crippen LogP contribution in [0.3, 0.4) is 0 Å². The highest BCUT2D eigenvalue weighted by Crippen LogP contribution is 2.16. The third-order valence-corrected chi connectivity index (χ3v) is 3.91. The lowest BCUT2D eigenvalue weighted by atomic mass is 10.1. The second kappa shape index (κ2) is 8.63. The Bertz CT molecular complexity index is 903. The average molecular weight is 363 g/mol. The Morgan fingerprint density at radius 1 is 1.07 bits per heavy atom. The molecule has 136 valence electrons. The zero-order valence-corrected chi connectivity index (χ0v) is 14.5. The molecule has 0 saturated heterocycles. The minimum Gasteiger partial charge on any atom is -0.481 e. The van der Waals surface area contributed by atoms with Gasteiger partial charge in [-0.3, -0.25) is 4.79 Å². The summed E-state index contributed by atoms with van der Waals surface area (Å²) in [5.74, 6) is -0.797. The molecule has 7 heteroatoms. The van der Waals surface area contributed by atoms with Gasteiger partial charge in [0.2, 0.25) is 0 Å². The van der Waals surface area contributed by atoms with E-state index in [0.29, 0.717) is 24.3 Å². The Labute approximate surface area is 156 Å². The van der Waals surface area contributed by atoms with E-state index in [2.05, 4.69) is 5.10 Å². The van der Waals surface area contributed by atoms with Crippen molar-refractivity contribution in [2.45, 2.75) is 6.42 Å². The Kier molecular flexibility index (Phi) is 5.80. The van der Waals surface area contributed by atoms with Crippen molar-refractivity contribution in [3.05, 3.63) is 65.7 Å². The standard InChI is InChI=1S/C20H17N3O4/c21-12-16-8-4-5-9-18(16)26-14-20(25)27-13-19(24)23-11-10-17(22-23)15-6-2-1-3-7-15/h1-9H,10-11,13-14H2. The zero-order chi connectivity index (χ0) is 19.1. The molecule has 0 bridgehead atoms. The molecule has 1 heterocycles. The first-order chi connectivity index (χ1) is 13.2. The van der Waals surface area contributed by atoms with Crippen LogP contribution in [0.25, 0.3) is 0 Å². The van der Waals surface area contributed by atoms with Crippen LogP contribution >= 0.6 is 0 Å². The largest absolute Gasteiger partial charge is 0.481 e. The second-order valence-electron chi connectivity index (χ2n) is 5.74. The fourth-order valence-electron chi connectivity index (χ4n) is 2.55. The molecule has 0 atom stereocenters. The minimum absolute atomic E-state index is 0.292. The lowest BCUT2D eigenvalue weighted by molar-refractivity contribution is -0.153. The summed E-state index contributed by atoms with van der Waals surface area (Å²) in [6, 6.07) is 18.1. The molecule has 7 nitrogen and oxygen atoms in total. The van der Waals surface area contributed by atoms with Gasteiger partial charge in [0.25, 0.3) is 5.91 Å². The monoisotopic (exact) mass is 363 g/mol. The SMILES string of the molecule is N#Cc1ccccc1OCC(=O)OCC(=O)N1CCC(c2ccccc2)=N1. The molecule has 0 radical (unpaired) electrons. The number of carbonyl (C=O) groups is 2. The van der Waals surface area contributed by atoms with E-state index in [1.165, 1.54) is 5.01 Å². The van der Waals surface area contributed by atoms with Gasteiger partial charge in [-0.25, -0.2) is 9.80 Å². The van der Waals surface area contributed by atoms with E-state index in [1.54, 1.807) is 24.3 Å². The maximum absolute atomic E-state index is 12.2. The van der Waals surface area contributed by atoms with Crippen LogP contribution in [-0.4, -0.2) is 42.4 Å². The van der Waals surface area contributed by atoms with Crippen LogP contribution in [0.1, 0.15) is 17.5 Å². The molecule has 0 fully saturated rings. The summed E-state index contributed by atoms with van der Waals surface area (Å²) in [7, 11) is 0. The van der Waals surface area contributed by atoms with Crippen LogP contribution < -0.4 is 4.74 Å². The fraction of sp³-hybridized carbons (Fsp3) is 0.200. The number of hydrogen-bond acceptors (Lipinski definition) is 6. The van der Waals surface area contributed by atoms with Crippen molar-refractivity contribution in [1.82, 2.24) is 5.01 Å². The molecular formula is C20H17N3O4. The van der Waals surface area contributed by atoms with Gasteiger partial charge in [0.05, 0.1) is 17.8 Å². The third kappa shape index (κ3) is 4.70. The highest BCUT2D eigenvalue weighted by Gasteiger charge is 2.22. The summed E-state index contributed by atoms with van der Waals surface area (Å²) in [5, 5.41) is 14.6. The second-order valence-corrected chi connectivity index (χ2v) is 5.74. The van der Waals surface area contributed by atoms with Crippen LogP contribution in [-0.2, 0) is 14.3 Å². The van der Waals surface area contributed by atoms with Gasteiger partial charge in [-0.2, -0.15) is 10.4 Å². The number of hydrazone groups is 1. The van der Waals surface area contributed by atoms with Crippen molar-refractivity contribution in [3.8, 4) is 11.8 Å². The van der Waals surface area contributed by atoms with E-state index in [0.717, 1.165) is 11.3 Å². The summed E-state index contributed by atoms with van der Waals surface area (Å²) < 4.78 is 10.2. The first kappa shape index (κ1) is 18.1. The summed E-state index contributed by atoms with van der Waals surface area (Å²) >= 11 is 0. The summed E-state index contributed by atoms with van der Waals surface area (Å²) in [4.78, 5) is 23.9. The lowest BCUT2D eigenvalue weighted by Crippen LogP contribution is -2.29. The fourth-order valence-corrected chi connectivity index (χ4v) is 2.55. The molecule has 2 aromatic carbocycles. The molecule has 1 aliphatic heterocycles. The molecule has 27 heavy (non-hydrogen) atoms. The lowest BCUT2D eigenvalue weighted by Gasteiger charge is -2.12. The minimum atomic E-state index is -0.692. The highest BCUT2D eigenvalue weighted by atomic mass is 16.6. The molecule has 0 saturated carbocycles. The number of para-hydroxylation sites is 1. The van der Waals surface area contributed by atoms with Gasteiger partial charge >= 0.3 is 5.97 Å². The number of esters is 1. The van der Waals surface area contributed by atoms with Crippen LogP contribution in [0.2, 0.25) is 0 Å². The number of nitriles is 1. The predicted molar refractivity (Wildman–Crippen MR) is 96.9 cm³/mol. The summed E-state index contributed by atoms with van der Waals surface area (Å²) in [5.41, 5.74) is 2.11. The molecule has 0 N–H and O–H groups in total. The maximum atomic E-state index is 12.2. The first-order valence-corrected chi connectivity index (χ1v) is 8.38. The van der Waals surface area contributed by atoms with E-state index >= 15 is 0 Å². The highest BCUT2D eigenvalue weighted by molar-refractivity contribution is 6.02. The smallest absolute Gasteiger partial charge is 0.344 e. The molecule has 0 spiro atoms.